The first-order chi connectivity index (χ1) is 13.7. The molecule has 0 amide bonds. The first kappa shape index (κ1) is 18.6. The number of unbranched alkanes of at least 4 members (excludes halogenated alkanes) is 3. The highest BCUT2D eigenvalue weighted by molar-refractivity contribution is 6.09. The molecule has 2 heteroatoms. The Kier molecular flexibility index (Phi) is 5.38. The molecule has 0 spiro atoms. The molecule has 0 saturated carbocycles. The summed E-state index contributed by atoms with van der Waals surface area (Å²) in [7, 11) is 0. The maximum Gasteiger partial charge on any atom is 0.125 e. The van der Waals surface area contributed by atoms with Crippen LogP contribution >= 0.6 is 0 Å². The minimum Gasteiger partial charge on any atom is -0.493 e. The summed E-state index contributed by atoms with van der Waals surface area (Å²) in [5, 5.41) is 2.59. The van der Waals surface area contributed by atoms with Gasteiger partial charge in [-0.15, -0.1) is 0 Å². The lowest BCUT2D eigenvalue weighted by molar-refractivity contribution is 0.301. The average Bonchev–Trinajstić information content (AvgIpc) is 3.04. The van der Waals surface area contributed by atoms with Gasteiger partial charge in [0.15, 0.2) is 0 Å². The van der Waals surface area contributed by atoms with Crippen LogP contribution in [0.5, 0.6) is 5.75 Å². The zero-order valence-corrected chi connectivity index (χ0v) is 17.2. The van der Waals surface area contributed by atoms with E-state index in [1.54, 1.807) is 0 Å². The molecule has 28 heavy (non-hydrogen) atoms. The van der Waals surface area contributed by atoms with Gasteiger partial charge in [0.1, 0.15) is 5.75 Å². The van der Waals surface area contributed by atoms with Crippen molar-refractivity contribution in [3.05, 3.63) is 71.8 Å². The molecule has 4 rings (SSSR count). The molecule has 0 atom stereocenters. The normalized spacial score (nSPS) is 11.4. The van der Waals surface area contributed by atoms with Crippen LogP contribution in [0.3, 0.4) is 0 Å². The van der Waals surface area contributed by atoms with Crippen molar-refractivity contribution in [2.24, 2.45) is 0 Å². The molecule has 3 aromatic carbocycles. The Bertz CT molecular complexity index is 1030. The fraction of sp³-hybridized carbons (Fsp3) is 0.308. The molecule has 0 bridgehead atoms. The van der Waals surface area contributed by atoms with E-state index in [9.17, 15) is 0 Å². The molecule has 1 heterocycles. The maximum atomic E-state index is 6.15. The fourth-order valence-corrected chi connectivity index (χ4v) is 4.19. The third-order valence-electron chi connectivity index (χ3n) is 5.53. The van der Waals surface area contributed by atoms with Gasteiger partial charge in [0.25, 0.3) is 0 Å². The first-order valence-corrected chi connectivity index (χ1v) is 10.4. The molecule has 0 N–H and O–H groups in total. The van der Waals surface area contributed by atoms with Crippen molar-refractivity contribution in [3.63, 3.8) is 0 Å². The van der Waals surface area contributed by atoms with Gasteiger partial charge in [-0.1, -0.05) is 62.6 Å². The van der Waals surface area contributed by atoms with Gasteiger partial charge < -0.3 is 9.30 Å². The molecule has 1 aromatic heterocycles. The molecule has 0 unspecified atom stereocenters. The van der Waals surface area contributed by atoms with Crippen LogP contribution < -0.4 is 4.74 Å². The second-order valence-corrected chi connectivity index (χ2v) is 7.69. The van der Waals surface area contributed by atoms with Gasteiger partial charge in [-0.05, 0) is 55.7 Å². The molecule has 0 fully saturated rings. The number of rotatable bonds is 7. The van der Waals surface area contributed by atoms with E-state index < -0.39 is 0 Å². The van der Waals surface area contributed by atoms with Crippen molar-refractivity contribution < 1.29 is 4.74 Å². The van der Waals surface area contributed by atoms with E-state index in [2.05, 4.69) is 86.0 Å². The number of hydrogen-bond acceptors (Lipinski definition) is 1. The van der Waals surface area contributed by atoms with Crippen LogP contribution in [0.4, 0.5) is 0 Å². The first-order valence-electron chi connectivity index (χ1n) is 10.4. The lowest BCUT2D eigenvalue weighted by Gasteiger charge is -2.16. The summed E-state index contributed by atoms with van der Waals surface area (Å²) in [5.41, 5.74) is 6.09. The standard InChI is InChI=1S/C26H29NO/c1-4-5-6-11-16-28-26-19(2)17-21(18-20(26)3)27-24-14-9-7-12-22(24)23-13-8-10-15-25(23)27/h7-10,12-15,17-18H,4-6,11,16H2,1-3H3. The lowest BCUT2D eigenvalue weighted by Crippen LogP contribution is -2.03. The van der Waals surface area contributed by atoms with Crippen LogP contribution in [0, 0.1) is 13.8 Å². The molecule has 0 aliphatic heterocycles. The maximum absolute atomic E-state index is 6.15. The second-order valence-electron chi connectivity index (χ2n) is 7.69. The highest BCUT2D eigenvalue weighted by Crippen LogP contribution is 2.34. The van der Waals surface area contributed by atoms with Gasteiger partial charge in [0.2, 0.25) is 0 Å². The van der Waals surface area contributed by atoms with E-state index in [-0.39, 0.29) is 0 Å². The quantitative estimate of drug-likeness (QED) is 0.310. The van der Waals surface area contributed by atoms with Crippen molar-refractivity contribution in [1.82, 2.24) is 4.57 Å². The monoisotopic (exact) mass is 371 g/mol. The van der Waals surface area contributed by atoms with Crippen LogP contribution in [0.15, 0.2) is 60.7 Å². The molecule has 0 aliphatic carbocycles. The predicted molar refractivity (Wildman–Crippen MR) is 120 cm³/mol. The molecule has 0 aliphatic rings. The molecule has 2 nitrogen and oxygen atoms in total. The Morgan fingerprint density at radius 2 is 1.32 bits per heavy atom. The largest absolute Gasteiger partial charge is 0.493 e. The van der Waals surface area contributed by atoms with Crippen LogP contribution in [0.1, 0.15) is 43.7 Å². The zero-order chi connectivity index (χ0) is 19.5. The van der Waals surface area contributed by atoms with Gasteiger partial charge in [0, 0.05) is 16.5 Å². The Labute approximate surface area is 167 Å². The molecule has 0 radical (unpaired) electrons. The van der Waals surface area contributed by atoms with Gasteiger partial charge in [0.05, 0.1) is 17.6 Å². The molecule has 4 aromatic rings. The van der Waals surface area contributed by atoms with Crippen LogP contribution in [-0.4, -0.2) is 11.2 Å². The highest BCUT2D eigenvalue weighted by atomic mass is 16.5. The van der Waals surface area contributed by atoms with E-state index in [0.29, 0.717) is 0 Å². The Morgan fingerprint density at radius 1 is 0.750 bits per heavy atom. The second kappa shape index (κ2) is 8.10. The van der Waals surface area contributed by atoms with Crippen molar-refractivity contribution in [2.45, 2.75) is 46.5 Å². The fourth-order valence-electron chi connectivity index (χ4n) is 4.19. The van der Waals surface area contributed by atoms with E-state index in [0.717, 1.165) is 18.8 Å². The Morgan fingerprint density at radius 3 is 1.89 bits per heavy atom. The van der Waals surface area contributed by atoms with Crippen molar-refractivity contribution in [1.29, 1.82) is 0 Å². The number of hydrogen-bond donors (Lipinski definition) is 0. The van der Waals surface area contributed by atoms with E-state index in [1.165, 1.54) is 57.9 Å². The van der Waals surface area contributed by atoms with Crippen molar-refractivity contribution >= 4 is 21.8 Å². The number of aromatic nitrogens is 1. The van der Waals surface area contributed by atoms with Gasteiger partial charge in [-0.2, -0.15) is 0 Å². The number of benzene rings is 3. The SMILES string of the molecule is CCCCCCOc1c(C)cc(-n2c3ccccc3c3ccccc32)cc1C. The van der Waals surface area contributed by atoms with E-state index in [1.807, 2.05) is 0 Å². The number of aryl methyl sites for hydroxylation is 2. The summed E-state index contributed by atoms with van der Waals surface area (Å²) in [6.45, 7) is 7.36. The molecular weight excluding hydrogens is 342 g/mol. The number of ether oxygens (including phenoxy) is 1. The number of nitrogens with zero attached hydrogens (tertiary/aromatic N) is 1. The smallest absolute Gasteiger partial charge is 0.125 e. The summed E-state index contributed by atoms with van der Waals surface area (Å²) in [6, 6.07) is 21.8. The van der Waals surface area contributed by atoms with Crippen molar-refractivity contribution in [2.75, 3.05) is 6.61 Å². The summed E-state index contributed by atoms with van der Waals surface area (Å²) < 4.78 is 8.52. The molecular formula is C26H29NO. The van der Waals surface area contributed by atoms with Gasteiger partial charge >= 0.3 is 0 Å². The number of fused-ring (bicyclic) bond motifs is 3. The Hall–Kier alpha value is -2.74. The predicted octanol–water partition coefficient (Wildman–Crippen LogP) is 7.36. The summed E-state index contributed by atoms with van der Waals surface area (Å²) >= 11 is 0. The van der Waals surface area contributed by atoms with Crippen LogP contribution in [0.2, 0.25) is 0 Å². The highest BCUT2D eigenvalue weighted by Gasteiger charge is 2.14. The topological polar surface area (TPSA) is 14.2 Å². The van der Waals surface area contributed by atoms with Gasteiger partial charge in [-0.3, -0.25) is 0 Å². The molecule has 0 saturated heterocycles. The van der Waals surface area contributed by atoms with E-state index >= 15 is 0 Å². The minimum absolute atomic E-state index is 0.802. The van der Waals surface area contributed by atoms with Gasteiger partial charge in [-0.25, -0.2) is 0 Å². The summed E-state index contributed by atoms with van der Waals surface area (Å²) in [5.74, 6) is 1.04. The summed E-state index contributed by atoms with van der Waals surface area (Å²) in [6.07, 6.45) is 4.91. The third-order valence-corrected chi connectivity index (χ3v) is 5.53. The van der Waals surface area contributed by atoms with Crippen molar-refractivity contribution in [3.8, 4) is 11.4 Å². The van der Waals surface area contributed by atoms with Crippen LogP contribution in [-0.2, 0) is 0 Å². The average molecular weight is 372 g/mol. The molecule has 144 valence electrons. The minimum atomic E-state index is 0.802. The Balaban J connectivity index is 1.74. The van der Waals surface area contributed by atoms with Crippen LogP contribution in [0.25, 0.3) is 27.5 Å². The van der Waals surface area contributed by atoms with E-state index in [4.69, 9.17) is 4.74 Å². The summed E-state index contributed by atoms with van der Waals surface area (Å²) in [4.78, 5) is 0. The zero-order valence-electron chi connectivity index (χ0n) is 17.2. The lowest BCUT2D eigenvalue weighted by atomic mass is 10.1. The third kappa shape index (κ3) is 3.40. The number of para-hydroxylation sites is 2.